The van der Waals surface area contributed by atoms with Crippen LogP contribution < -0.4 is 14.7 Å². The second-order valence-corrected chi connectivity index (χ2v) is 10.2. The highest BCUT2D eigenvalue weighted by Gasteiger charge is 2.56. The molecule has 1 aromatic carbocycles. The van der Waals surface area contributed by atoms with Crippen LogP contribution in [0.2, 0.25) is 0 Å². The maximum Gasteiger partial charge on any atom is 0.399 e. The van der Waals surface area contributed by atoms with Crippen LogP contribution in [-0.2, 0) is 58.7 Å². The highest BCUT2D eigenvalue weighted by atomic mass is 31.1. The van der Waals surface area contributed by atoms with Gasteiger partial charge in [0.2, 0.25) is 0 Å². The third-order valence-corrected chi connectivity index (χ3v) is 7.78. The van der Waals surface area contributed by atoms with Crippen LogP contribution >= 0.6 is 24.1 Å². The highest BCUT2D eigenvalue weighted by Crippen LogP contribution is 2.52. The SMILES string of the molecule is CCOC(OCC)(c1cc(C(OCC)(OCC)[P+](=O)[O-])cc(C(OCC)(OCC)[P+](=O)[O-])c1)[P+](=O)[O-]. The van der Waals surface area contributed by atoms with Crippen LogP contribution in [0, 0.1) is 0 Å². The monoisotopic (exact) mass is 570 g/mol. The smallest absolute Gasteiger partial charge is 0.399 e. The first-order valence-electron chi connectivity index (χ1n) is 11.4. The number of ether oxygens (including phenoxy) is 6. The van der Waals surface area contributed by atoms with Crippen molar-refractivity contribution < 1.29 is 56.8 Å². The van der Waals surface area contributed by atoms with Crippen LogP contribution in [0.1, 0.15) is 58.2 Å². The minimum atomic E-state index is -3.50. The Hall–Kier alpha value is -0.840. The van der Waals surface area contributed by atoms with E-state index in [1.807, 2.05) is 0 Å². The summed E-state index contributed by atoms with van der Waals surface area (Å²) in [5, 5.41) is 0. The van der Waals surface area contributed by atoms with Gasteiger partial charge in [-0.25, -0.2) is 0 Å². The van der Waals surface area contributed by atoms with Gasteiger partial charge in [-0.05, 0) is 59.7 Å². The molecule has 0 amide bonds. The quantitative estimate of drug-likeness (QED) is 0.187. The molecule has 0 aliphatic rings. The summed E-state index contributed by atoms with van der Waals surface area (Å²) in [6.07, 6.45) is 0. The van der Waals surface area contributed by atoms with E-state index in [2.05, 4.69) is 0 Å². The lowest BCUT2D eigenvalue weighted by atomic mass is 10.0. The molecule has 3 atom stereocenters. The van der Waals surface area contributed by atoms with Crippen LogP contribution in [-0.4, -0.2) is 39.6 Å². The van der Waals surface area contributed by atoms with Gasteiger partial charge in [-0.1, -0.05) is 13.7 Å². The molecule has 1 aromatic rings. The van der Waals surface area contributed by atoms with E-state index in [4.69, 9.17) is 28.4 Å². The molecule has 0 aliphatic heterocycles. The maximum absolute atomic E-state index is 12.5. The van der Waals surface area contributed by atoms with E-state index >= 15 is 0 Å². The third kappa shape index (κ3) is 6.77. The molecule has 0 saturated carbocycles. The van der Waals surface area contributed by atoms with Crippen LogP contribution in [0.4, 0.5) is 0 Å². The van der Waals surface area contributed by atoms with E-state index in [0.717, 1.165) is 18.2 Å². The van der Waals surface area contributed by atoms with Gasteiger partial charge in [-0.15, -0.1) is 0 Å². The molecule has 3 unspecified atom stereocenters. The van der Waals surface area contributed by atoms with Gasteiger partial charge >= 0.3 is 40.7 Å². The van der Waals surface area contributed by atoms with Crippen molar-refractivity contribution in [3.05, 3.63) is 34.9 Å². The minimum absolute atomic E-state index is 0.112. The van der Waals surface area contributed by atoms with E-state index in [-0.39, 0.29) is 56.3 Å². The largest absolute Gasteiger partial charge is 0.591 e. The normalized spacial score (nSPS) is 14.1. The second-order valence-electron chi connectivity index (χ2n) is 6.91. The van der Waals surface area contributed by atoms with Crippen LogP contribution in [0.5, 0.6) is 0 Å². The molecule has 0 heterocycles. The van der Waals surface area contributed by atoms with Crippen molar-refractivity contribution in [2.24, 2.45) is 0 Å². The van der Waals surface area contributed by atoms with Crippen molar-refractivity contribution in [2.75, 3.05) is 39.6 Å². The molecule has 0 aromatic heterocycles. The Bertz CT molecular complexity index is 766. The first-order chi connectivity index (χ1) is 17.0. The highest BCUT2D eigenvalue weighted by molar-refractivity contribution is 7.38. The van der Waals surface area contributed by atoms with E-state index in [0.29, 0.717) is 0 Å². The molecule has 0 aliphatic carbocycles. The molecular formula is C21H33O12P3. The van der Waals surface area contributed by atoms with Crippen molar-refractivity contribution in [2.45, 2.75) is 58.1 Å². The van der Waals surface area contributed by atoms with Crippen molar-refractivity contribution in [1.82, 2.24) is 0 Å². The first-order valence-corrected chi connectivity index (χ1v) is 15.0. The maximum atomic E-state index is 12.5. The Kier molecular flexibility index (Phi) is 13.8. The van der Waals surface area contributed by atoms with E-state index in [9.17, 15) is 28.4 Å². The molecule has 204 valence electrons. The fraction of sp³-hybridized carbons (Fsp3) is 0.714. The molecule has 36 heavy (non-hydrogen) atoms. The average Bonchev–Trinajstić information content (AvgIpc) is 2.82. The molecule has 1 rings (SSSR count). The van der Waals surface area contributed by atoms with Crippen LogP contribution in [0.3, 0.4) is 0 Å². The van der Waals surface area contributed by atoms with Gasteiger partial charge < -0.3 is 43.1 Å². The third-order valence-electron chi connectivity index (χ3n) is 4.79. The standard InChI is InChI=1S/C21H33O12P3/c1-7-28-19(29-8-2,34(22)23)16-13-17(20(30-9-3,31-10-4)35(24)25)15-18(14-16)21(32-11-5,33-12-6)36(26)27/h13-15H,7-12H2,1-6H3. The van der Waals surface area contributed by atoms with Crippen molar-refractivity contribution in [3.8, 4) is 0 Å². The summed E-state index contributed by atoms with van der Waals surface area (Å²) in [6, 6.07) is 3.49. The molecule has 15 heteroatoms. The lowest BCUT2D eigenvalue weighted by Crippen LogP contribution is -2.38. The molecule has 0 saturated heterocycles. The Morgan fingerprint density at radius 2 is 0.667 bits per heavy atom. The lowest BCUT2D eigenvalue weighted by molar-refractivity contribution is -0.246. The van der Waals surface area contributed by atoms with E-state index in [1.165, 1.54) is 41.5 Å². The molecule has 0 spiro atoms. The van der Waals surface area contributed by atoms with Gasteiger partial charge in [0.25, 0.3) is 0 Å². The van der Waals surface area contributed by atoms with Gasteiger partial charge in [-0.3, -0.25) is 0 Å². The predicted molar refractivity (Wildman–Crippen MR) is 124 cm³/mol. The zero-order valence-electron chi connectivity index (χ0n) is 21.2. The number of rotatable bonds is 18. The molecule has 0 bridgehead atoms. The Morgan fingerprint density at radius 1 is 0.500 bits per heavy atom. The van der Waals surface area contributed by atoms with Gasteiger partial charge in [0.05, 0.1) is 56.3 Å². The minimum Gasteiger partial charge on any atom is -0.591 e. The zero-order chi connectivity index (χ0) is 27.6. The fourth-order valence-electron chi connectivity index (χ4n) is 3.61. The van der Waals surface area contributed by atoms with E-state index < -0.39 is 40.7 Å². The lowest BCUT2D eigenvalue weighted by Gasteiger charge is -2.31. The van der Waals surface area contributed by atoms with Gasteiger partial charge in [-0.2, -0.15) is 0 Å². The summed E-state index contributed by atoms with van der Waals surface area (Å²) < 4.78 is 70.7. The fourth-order valence-corrected chi connectivity index (χ4v) is 6.03. The Morgan fingerprint density at radius 3 is 0.778 bits per heavy atom. The first kappa shape index (κ1) is 33.2. The average molecular weight is 570 g/mol. The topological polar surface area (TPSA) is 176 Å². The van der Waals surface area contributed by atoms with Crippen molar-refractivity contribution in [1.29, 1.82) is 0 Å². The van der Waals surface area contributed by atoms with Gasteiger partial charge in [0.15, 0.2) is 0 Å². The number of hydrogen-bond donors (Lipinski definition) is 0. The molecule has 0 N–H and O–H groups in total. The molecule has 0 radical (unpaired) electrons. The van der Waals surface area contributed by atoms with Gasteiger partial charge in [0, 0.05) is 0 Å². The Balaban J connectivity index is 4.30. The summed E-state index contributed by atoms with van der Waals surface area (Å²) in [4.78, 5) is 37.6. The van der Waals surface area contributed by atoms with Crippen molar-refractivity contribution >= 4 is 24.1 Å². The summed E-state index contributed by atoms with van der Waals surface area (Å²) in [6.45, 7) is 8.55. The van der Waals surface area contributed by atoms with Crippen molar-refractivity contribution in [3.63, 3.8) is 0 Å². The number of hydrogen-bond acceptors (Lipinski definition) is 12. The summed E-state index contributed by atoms with van der Waals surface area (Å²) in [7, 11) is -10.5. The van der Waals surface area contributed by atoms with Gasteiger partial charge in [0.1, 0.15) is 0 Å². The molecule has 0 fully saturated rings. The number of benzene rings is 1. The second kappa shape index (κ2) is 14.9. The van der Waals surface area contributed by atoms with E-state index in [1.54, 1.807) is 0 Å². The molecule has 12 nitrogen and oxygen atoms in total. The Labute approximate surface area is 213 Å². The van der Waals surface area contributed by atoms with Crippen LogP contribution in [0.15, 0.2) is 18.2 Å². The predicted octanol–water partition coefficient (Wildman–Crippen LogP) is 2.54. The summed E-state index contributed by atoms with van der Waals surface area (Å²) in [5.41, 5.74) is -7.84. The molecular weight excluding hydrogens is 537 g/mol. The summed E-state index contributed by atoms with van der Waals surface area (Å²) >= 11 is 0. The summed E-state index contributed by atoms with van der Waals surface area (Å²) in [5.74, 6) is 0. The van der Waals surface area contributed by atoms with Crippen LogP contribution in [0.25, 0.3) is 0 Å². The zero-order valence-corrected chi connectivity index (χ0v) is 23.9.